The van der Waals surface area contributed by atoms with E-state index in [1.165, 1.54) is 22.5 Å². The number of nitrogens with zero attached hydrogens (tertiary/aromatic N) is 4. The largest absolute Gasteiger partial charge is 0.340 e. The van der Waals surface area contributed by atoms with Gasteiger partial charge >= 0.3 is 0 Å². The van der Waals surface area contributed by atoms with Gasteiger partial charge in [-0.05, 0) is 42.7 Å². The van der Waals surface area contributed by atoms with E-state index in [-0.39, 0.29) is 36.5 Å². The summed E-state index contributed by atoms with van der Waals surface area (Å²) in [7, 11) is 1.46. The van der Waals surface area contributed by atoms with Crippen molar-refractivity contribution in [2.75, 3.05) is 26.9 Å². The number of H-pyrrole nitrogens is 1. The minimum Gasteiger partial charge on any atom is -0.340 e. The molecule has 6 atom stereocenters. The molecule has 7 rings (SSSR count). The molecule has 1 aromatic carbocycles. The first-order valence-electron chi connectivity index (χ1n) is 17.5. The van der Waals surface area contributed by atoms with Gasteiger partial charge < -0.3 is 14.8 Å². The smallest absolute Gasteiger partial charge is 0.244 e. The Balaban J connectivity index is 0.959. The van der Waals surface area contributed by atoms with Gasteiger partial charge in [0.25, 0.3) is 0 Å². The van der Waals surface area contributed by atoms with Crippen LogP contribution in [-0.2, 0) is 19.4 Å². The summed E-state index contributed by atoms with van der Waals surface area (Å²) in [6, 6.07) is 9.24. The summed E-state index contributed by atoms with van der Waals surface area (Å²) in [4.78, 5) is 56.7. The first kappa shape index (κ1) is 34.3. The molecule has 0 bridgehead atoms. The van der Waals surface area contributed by atoms with Crippen molar-refractivity contribution in [1.29, 1.82) is 0 Å². The van der Waals surface area contributed by atoms with Gasteiger partial charge in [-0.25, -0.2) is 14.8 Å². The lowest BCUT2D eigenvalue weighted by Crippen LogP contribution is -2.46. The van der Waals surface area contributed by atoms with Crippen LogP contribution < -0.4 is 5.32 Å². The molecule has 10 nitrogen and oxygen atoms in total. The number of nitrogens with one attached hydrogen (secondary N) is 2. The first-order chi connectivity index (χ1) is 23.8. The zero-order valence-electron chi connectivity index (χ0n) is 28.6. The van der Waals surface area contributed by atoms with Gasteiger partial charge in [-0.1, -0.05) is 63.3 Å². The van der Waals surface area contributed by atoms with Gasteiger partial charge in [0.1, 0.15) is 18.6 Å². The number of aromatic amines is 1. The van der Waals surface area contributed by atoms with Crippen molar-refractivity contribution in [3.05, 3.63) is 82.4 Å². The average Bonchev–Trinajstić information content (AvgIpc) is 3.95. The van der Waals surface area contributed by atoms with Crippen LogP contribution in [0.15, 0.2) is 70.4 Å². The number of rotatable bonds is 12. The highest BCUT2D eigenvalue weighted by Crippen LogP contribution is 2.53. The molecule has 2 unspecified atom stereocenters. The molecule has 5 aliphatic rings. The fourth-order valence-corrected chi connectivity index (χ4v) is 10.3. The Hall–Kier alpha value is -3.16. The maximum Gasteiger partial charge on any atom is 0.244 e. The first-order valence-corrected chi connectivity index (χ1v) is 19.2. The standard InChI is InChI=1S/C37H46N6O4S2/c1-22(2)23(3)36(44)43-15-9-13-29(43)35-39-20-27(41-35)31-18-33-32(49-31)17-30(48-33)25-16-26(38-19-25)28-12-8-14-42(28)37(45)34(40-21-47-46-4)24-10-6-5-7-11-24/h5-7,10-11,17-20,22-23,28-29,32-34,40H,8-9,12-16,21H2,1-4H3,(H,39,41)/t23-,28-,29-,32?,33?,34+/m0/s1. The molecular formula is C37H46N6O4S2. The summed E-state index contributed by atoms with van der Waals surface area (Å²) in [5.41, 5.74) is 4.23. The summed E-state index contributed by atoms with van der Waals surface area (Å²) in [6.07, 6.45) is 13.3. The van der Waals surface area contributed by atoms with Crippen molar-refractivity contribution in [3.8, 4) is 0 Å². The summed E-state index contributed by atoms with van der Waals surface area (Å²) in [5.74, 6) is 1.48. The van der Waals surface area contributed by atoms with Gasteiger partial charge in [-0.2, -0.15) is 0 Å². The maximum absolute atomic E-state index is 13.9. The van der Waals surface area contributed by atoms with E-state index in [4.69, 9.17) is 19.8 Å². The Morgan fingerprint density at radius 2 is 1.67 bits per heavy atom. The number of thioether (sulfide) groups is 2. The van der Waals surface area contributed by atoms with Crippen LogP contribution in [0.3, 0.4) is 0 Å². The molecule has 0 radical (unpaired) electrons. The number of likely N-dealkylation sites (tertiary alicyclic amines) is 2. The molecule has 0 spiro atoms. The molecule has 6 heterocycles. The number of fused-ring (bicyclic) bond motifs is 1. The number of hydrogen-bond donors (Lipinski definition) is 2. The second-order valence-corrected chi connectivity index (χ2v) is 16.2. The Kier molecular flexibility index (Phi) is 10.5. The lowest BCUT2D eigenvalue weighted by molar-refractivity contribution is -0.278. The van der Waals surface area contributed by atoms with Gasteiger partial charge in [0.2, 0.25) is 11.8 Å². The second-order valence-electron chi connectivity index (χ2n) is 13.7. The number of allylic oxidation sites excluding steroid dienone is 1. The summed E-state index contributed by atoms with van der Waals surface area (Å²) in [5, 5.41) is 3.91. The normalized spacial score (nSPS) is 26.1. The van der Waals surface area contributed by atoms with E-state index in [2.05, 4.69) is 36.3 Å². The Bertz CT molecular complexity index is 1670. The fraction of sp³-hybridized carbons (Fsp3) is 0.514. The van der Waals surface area contributed by atoms with Crippen molar-refractivity contribution in [3.63, 3.8) is 0 Å². The van der Waals surface area contributed by atoms with Crippen LogP contribution in [0.2, 0.25) is 0 Å². The number of carbonyl (C=O) groups excluding carboxylic acids is 2. The van der Waals surface area contributed by atoms with Crippen LogP contribution in [0.4, 0.5) is 0 Å². The average molecular weight is 703 g/mol. The van der Waals surface area contributed by atoms with E-state index < -0.39 is 6.04 Å². The third-order valence-corrected chi connectivity index (χ3v) is 13.3. The van der Waals surface area contributed by atoms with Crippen molar-refractivity contribution in [2.24, 2.45) is 16.8 Å². The zero-order valence-corrected chi connectivity index (χ0v) is 30.3. The summed E-state index contributed by atoms with van der Waals surface area (Å²) >= 11 is 3.78. The van der Waals surface area contributed by atoms with Crippen molar-refractivity contribution in [2.45, 2.75) is 81.5 Å². The van der Waals surface area contributed by atoms with E-state index in [0.717, 1.165) is 61.4 Å². The number of amides is 2. The number of aliphatic imine (C=N–C) groups is 1. The monoisotopic (exact) mass is 702 g/mol. The highest BCUT2D eigenvalue weighted by atomic mass is 32.2. The Morgan fingerprint density at radius 1 is 0.980 bits per heavy atom. The summed E-state index contributed by atoms with van der Waals surface area (Å²) < 4.78 is 0. The highest BCUT2D eigenvalue weighted by Gasteiger charge is 2.40. The van der Waals surface area contributed by atoms with E-state index >= 15 is 0 Å². The molecule has 2 fully saturated rings. The Labute approximate surface area is 297 Å². The second kappa shape index (κ2) is 15.0. The number of hydrogen-bond acceptors (Lipinski definition) is 9. The fourth-order valence-electron chi connectivity index (χ4n) is 7.40. The van der Waals surface area contributed by atoms with Crippen LogP contribution in [-0.4, -0.2) is 80.8 Å². The minimum atomic E-state index is -0.532. The quantitative estimate of drug-likeness (QED) is 0.113. The molecular weight excluding hydrogens is 657 g/mol. The number of carbonyl (C=O) groups is 2. The molecule has 2 aromatic rings. The SMILES string of the molecule is COOCN[C@@H](C(=O)N1CCC[C@H]1C1=NC=C(C2=CC3SC(c4cnc([C@@H]5CCCN5C(=O)[C@@H](C)C(C)C)[nH]4)=CC3S2)C1)c1ccccc1. The van der Waals surface area contributed by atoms with Gasteiger partial charge in [0.05, 0.1) is 31.1 Å². The van der Waals surface area contributed by atoms with Crippen molar-refractivity contribution < 1.29 is 19.4 Å². The van der Waals surface area contributed by atoms with Crippen LogP contribution >= 0.6 is 23.5 Å². The van der Waals surface area contributed by atoms with E-state index in [1.54, 1.807) is 0 Å². The molecule has 5 aliphatic heterocycles. The van der Waals surface area contributed by atoms with Crippen molar-refractivity contribution >= 4 is 46.0 Å². The molecule has 12 heteroatoms. The lowest BCUT2D eigenvalue weighted by Gasteiger charge is -2.30. The zero-order chi connectivity index (χ0) is 34.1. The Morgan fingerprint density at radius 3 is 2.41 bits per heavy atom. The van der Waals surface area contributed by atoms with Gasteiger partial charge in [0, 0.05) is 57.7 Å². The van der Waals surface area contributed by atoms with Crippen molar-refractivity contribution in [1.82, 2.24) is 25.1 Å². The molecule has 2 N–H and O–H groups in total. The maximum atomic E-state index is 13.9. The van der Waals surface area contributed by atoms with Gasteiger partial charge in [0.15, 0.2) is 0 Å². The van der Waals surface area contributed by atoms with Gasteiger partial charge in [-0.15, -0.1) is 23.5 Å². The third-order valence-electron chi connectivity index (χ3n) is 10.4. The molecule has 49 heavy (non-hydrogen) atoms. The van der Waals surface area contributed by atoms with E-state index in [0.29, 0.717) is 23.0 Å². The van der Waals surface area contributed by atoms with E-state index in [1.807, 2.05) is 83.0 Å². The molecule has 0 saturated carbocycles. The third kappa shape index (κ3) is 7.08. The molecule has 1 aromatic heterocycles. The molecule has 2 saturated heterocycles. The predicted octanol–water partition coefficient (Wildman–Crippen LogP) is 6.41. The van der Waals surface area contributed by atoms with Crippen LogP contribution in [0.1, 0.15) is 82.0 Å². The minimum absolute atomic E-state index is 0.00707. The molecule has 2 amide bonds. The number of aromatic nitrogens is 2. The number of imidazole rings is 1. The summed E-state index contributed by atoms with van der Waals surface area (Å²) in [6.45, 7) is 7.88. The van der Waals surface area contributed by atoms with Gasteiger partial charge in [-0.3, -0.25) is 19.9 Å². The number of benzene rings is 1. The lowest BCUT2D eigenvalue weighted by atomic mass is 9.96. The van der Waals surface area contributed by atoms with E-state index in [9.17, 15) is 9.59 Å². The van der Waals surface area contributed by atoms with Crippen LogP contribution in [0.25, 0.3) is 4.91 Å². The highest BCUT2D eigenvalue weighted by molar-refractivity contribution is 8.12. The molecule has 260 valence electrons. The topological polar surface area (TPSA) is 112 Å². The van der Waals surface area contributed by atoms with Crippen LogP contribution in [0.5, 0.6) is 0 Å². The predicted molar refractivity (Wildman–Crippen MR) is 195 cm³/mol. The van der Waals surface area contributed by atoms with Crippen LogP contribution in [0, 0.1) is 11.8 Å². The molecule has 0 aliphatic carbocycles.